The molecule has 0 atom stereocenters. The van der Waals surface area contributed by atoms with Crippen molar-refractivity contribution in [3.05, 3.63) is 77.5 Å². The van der Waals surface area contributed by atoms with Crippen molar-refractivity contribution in [2.75, 3.05) is 36.5 Å². The van der Waals surface area contributed by atoms with Crippen LogP contribution in [0.3, 0.4) is 0 Å². The number of carbonyl (C=O) groups is 1. The van der Waals surface area contributed by atoms with Gasteiger partial charge >= 0.3 is 0 Å². The number of ether oxygens (including phenoxy) is 1. The molecule has 5 rings (SSSR count). The molecular formula is C26H25N3O3. The van der Waals surface area contributed by atoms with Gasteiger partial charge in [-0.3, -0.25) is 4.79 Å². The molecule has 6 nitrogen and oxygen atoms in total. The number of benzene rings is 3. The number of fused-ring (bicyclic) bond motifs is 1. The highest BCUT2D eigenvalue weighted by molar-refractivity contribution is 6.05. The number of nitrogens with zero attached hydrogens (tertiary/aromatic N) is 2. The second-order valence-electron chi connectivity index (χ2n) is 8.11. The van der Waals surface area contributed by atoms with Gasteiger partial charge in [0.1, 0.15) is 0 Å². The lowest BCUT2D eigenvalue weighted by atomic mass is 9.97. The van der Waals surface area contributed by atoms with Crippen molar-refractivity contribution in [1.29, 1.82) is 0 Å². The zero-order valence-corrected chi connectivity index (χ0v) is 18.2. The Labute approximate surface area is 186 Å². The first-order chi connectivity index (χ1) is 15.6. The Kier molecular flexibility index (Phi) is 5.37. The molecule has 32 heavy (non-hydrogen) atoms. The molecule has 6 heteroatoms. The first-order valence-electron chi connectivity index (χ1n) is 10.8. The van der Waals surface area contributed by atoms with Gasteiger partial charge in [0.2, 0.25) is 0 Å². The Balaban J connectivity index is 1.39. The highest BCUT2D eigenvalue weighted by Gasteiger charge is 2.14. The quantitative estimate of drug-likeness (QED) is 0.485. The number of aryl methyl sites for hydroxylation is 2. The Morgan fingerprint density at radius 1 is 1.00 bits per heavy atom. The number of hydrogen-bond acceptors (Lipinski definition) is 5. The number of nitrogens with one attached hydrogen (secondary N) is 1. The standard InChI is InChI=1S/C26H25N3O3/c1-17-6-7-20(14-24(17)19-8-9-23-18(2)28-32-25(23)15-19)26(30)27-21-4-3-5-22(16-21)29-10-12-31-13-11-29/h3-9,14-16H,10-13H2,1-2H3,(H,27,30). The molecule has 1 N–H and O–H groups in total. The summed E-state index contributed by atoms with van der Waals surface area (Å²) >= 11 is 0. The van der Waals surface area contributed by atoms with E-state index < -0.39 is 0 Å². The Hall–Kier alpha value is -3.64. The van der Waals surface area contributed by atoms with Gasteiger partial charge in [0.15, 0.2) is 5.58 Å². The summed E-state index contributed by atoms with van der Waals surface area (Å²) in [6, 6.07) is 19.8. The lowest BCUT2D eigenvalue weighted by Gasteiger charge is -2.29. The van der Waals surface area contributed by atoms with Crippen LogP contribution in [0.25, 0.3) is 22.1 Å². The first-order valence-corrected chi connectivity index (χ1v) is 10.8. The summed E-state index contributed by atoms with van der Waals surface area (Å²) in [4.78, 5) is 15.3. The molecule has 0 radical (unpaired) electrons. The zero-order valence-electron chi connectivity index (χ0n) is 18.2. The summed E-state index contributed by atoms with van der Waals surface area (Å²) in [5, 5.41) is 8.08. The van der Waals surface area contributed by atoms with E-state index in [1.165, 1.54) is 0 Å². The largest absolute Gasteiger partial charge is 0.378 e. The normalized spacial score (nSPS) is 14.0. The highest BCUT2D eigenvalue weighted by Crippen LogP contribution is 2.29. The molecule has 1 amide bonds. The van der Waals surface area contributed by atoms with E-state index in [9.17, 15) is 4.79 Å². The topological polar surface area (TPSA) is 67.6 Å². The fourth-order valence-corrected chi connectivity index (χ4v) is 4.11. The van der Waals surface area contributed by atoms with Crippen molar-refractivity contribution < 1.29 is 14.1 Å². The molecule has 1 aliphatic rings. The van der Waals surface area contributed by atoms with Crippen molar-refractivity contribution in [3.8, 4) is 11.1 Å². The molecule has 1 fully saturated rings. The van der Waals surface area contributed by atoms with E-state index in [1.54, 1.807) is 0 Å². The van der Waals surface area contributed by atoms with Crippen molar-refractivity contribution in [3.63, 3.8) is 0 Å². The van der Waals surface area contributed by atoms with Crippen LogP contribution in [0.1, 0.15) is 21.6 Å². The van der Waals surface area contributed by atoms with Crippen LogP contribution < -0.4 is 10.2 Å². The number of rotatable bonds is 4. The van der Waals surface area contributed by atoms with Gasteiger partial charge in [-0.2, -0.15) is 0 Å². The molecule has 0 unspecified atom stereocenters. The highest BCUT2D eigenvalue weighted by atomic mass is 16.5. The van der Waals surface area contributed by atoms with Crippen LogP contribution in [0, 0.1) is 13.8 Å². The summed E-state index contributed by atoms with van der Waals surface area (Å²) in [7, 11) is 0. The van der Waals surface area contributed by atoms with Crippen LogP contribution in [0.5, 0.6) is 0 Å². The van der Waals surface area contributed by atoms with E-state index >= 15 is 0 Å². The van der Waals surface area contributed by atoms with Gasteiger partial charge in [-0.25, -0.2) is 0 Å². The molecule has 1 aliphatic heterocycles. The maximum atomic E-state index is 13.0. The average Bonchev–Trinajstić information content (AvgIpc) is 3.20. The van der Waals surface area contributed by atoms with Gasteiger partial charge in [-0.15, -0.1) is 0 Å². The first kappa shape index (κ1) is 20.3. The van der Waals surface area contributed by atoms with Gasteiger partial charge in [-0.05, 0) is 73.0 Å². The van der Waals surface area contributed by atoms with E-state index in [2.05, 4.69) is 21.4 Å². The minimum absolute atomic E-state index is 0.137. The Bertz CT molecular complexity index is 1290. The van der Waals surface area contributed by atoms with Crippen molar-refractivity contribution >= 4 is 28.3 Å². The van der Waals surface area contributed by atoms with E-state index in [-0.39, 0.29) is 5.91 Å². The summed E-state index contributed by atoms with van der Waals surface area (Å²) in [6.45, 7) is 7.13. The van der Waals surface area contributed by atoms with Gasteiger partial charge in [-0.1, -0.05) is 23.4 Å². The molecule has 1 saturated heterocycles. The van der Waals surface area contributed by atoms with E-state index in [0.29, 0.717) is 5.56 Å². The molecule has 162 valence electrons. The molecule has 0 saturated carbocycles. The van der Waals surface area contributed by atoms with Crippen LogP contribution in [0.2, 0.25) is 0 Å². The van der Waals surface area contributed by atoms with Gasteiger partial charge in [0.05, 0.1) is 18.9 Å². The number of amides is 1. The summed E-state index contributed by atoms with van der Waals surface area (Å²) < 4.78 is 10.9. The molecule has 2 heterocycles. The number of carbonyl (C=O) groups excluding carboxylic acids is 1. The Morgan fingerprint density at radius 2 is 1.84 bits per heavy atom. The summed E-state index contributed by atoms with van der Waals surface area (Å²) in [5.41, 5.74) is 7.17. The third-order valence-corrected chi connectivity index (χ3v) is 5.94. The van der Waals surface area contributed by atoms with Crippen LogP contribution in [0.15, 0.2) is 65.2 Å². The van der Waals surface area contributed by atoms with Gasteiger partial charge in [0.25, 0.3) is 5.91 Å². The van der Waals surface area contributed by atoms with Gasteiger partial charge in [0, 0.05) is 35.4 Å². The number of anilines is 2. The fourth-order valence-electron chi connectivity index (χ4n) is 4.11. The predicted molar refractivity (Wildman–Crippen MR) is 126 cm³/mol. The lowest BCUT2D eigenvalue weighted by molar-refractivity contribution is 0.102. The van der Waals surface area contributed by atoms with Crippen molar-refractivity contribution in [2.45, 2.75) is 13.8 Å². The molecule has 0 bridgehead atoms. The number of aromatic nitrogens is 1. The lowest BCUT2D eigenvalue weighted by Crippen LogP contribution is -2.36. The molecule has 0 spiro atoms. The maximum absolute atomic E-state index is 13.0. The molecule has 0 aliphatic carbocycles. The smallest absolute Gasteiger partial charge is 0.255 e. The van der Waals surface area contributed by atoms with E-state index in [1.807, 2.05) is 68.4 Å². The monoisotopic (exact) mass is 427 g/mol. The third kappa shape index (κ3) is 3.97. The van der Waals surface area contributed by atoms with Crippen LogP contribution >= 0.6 is 0 Å². The third-order valence-electron chi connectivity index (χ3n) is 5.94. The van der Waals surface area contributed by atoms with Gasteiger partial charge < -0.3 is 19.5 Å². The number of hydrogen-bond donors (Lipinski definition) is 1. The summed E-state index contributed by atoms with van der Waals surface area (Å²) in [6.07, 6.45) is 0. The maximum Gasteiger partial charge on any atom is 0.255 e. The minimum atomic E-state index is -0.137. The van der Waals surface area contributed by atoms with Crippen LogP contribution in [-0.4, -0.2) is 37.4 Å². The minimum Gasteiger partial charge on any atom is -0.378 e. The molecule has 1 aromatic heterocycles. The SMILES string of the molecule is Cc1ccc(C(=O)Nc2cccc(N3CCOCC3)c2)cc1-c1ccc2c(C)noc2c1. The summed E-state index contributed by atoms with van der Waals surface area (Å²) in [5.74, 6) is -0.137. The Morgan fingerprint density at radius 3 is 2.69 bits per heavy atom. The molecule has 3 aromatic carbocycles. The second kappa shape index (κ2) is 8.48. The van der Waals surface area contributed by atoms with Crippen LogP contribution in [-0.2, 0) is 4.74 Å². The predicted octanol–water partition coefficient (Wildman–Crippen LogP) is 5.20. The molecule has 4 aromatic rings. The fraction of sp³-hybridized carbons (Fsp3) is 0.231. The second-order valence-corrected chi connectivity index (χ2v) is 8.11. The van der Waals surface area contributed by atoms with Crippen molar-refractivity contribution in [1.82, 2.24) is 5.16 Å². The van der Waals surface area contributed by atoms with E-state index in [4.69, 9.17) is 9.26 Å². The number of morpholine rings is 1. The zero-order chi connectivity index (χ0) is 22.1. The van der Waals surface area contributed by atoms with E-state index in [0.717, 1.165) is 71.0 Å². The van der Waals surface area contributed by atoms with Crippen LogP contribution in [0.4, 0.5) is 11.4 Å². The average molecular weight is 428 g/mol. The van der Waals surface area contributed by atoms with Crippen molar-refractivity contribution in [2.24, 2.45) is 0 Å². The molecular weight excluding hydrogens is 402 g/mol.